The molecule has 0 saturated carbocycles. The van der Waals surface area contributed by atoms with Crippen molar-refractivity contribution in [1.82, 2.24) is 16.2 Å². The predicted molar refractivity (Wildman–Crippen MR) is 108 cm³/mol. The van der Waals surface area contributed by atoms with Gasteiger partial charge in [0.25, 0.3) is 23.4 Å². The average molecular weight is 469 g/mol. The van der Waals surface area contributed by atoms with Gasteiger partial charge in [0.05, 0.1) is 15.5 Å². The standard InChI is InChI=1S/C18H14Cl2N4O7/c19-11-3-6-13(14(20)7-11)18(28)21-8-16(26)31-9-15(25)22-23-17(27)10-1-4-12(5-2-10)24(29)30/h1-7H,8-9H2,(H,21,28)(H,22,25)(H,23,27). The van der Waals surface area contributed by atoms with Crippen LogP contribution in [0.25, 0.3) is 0 Å². The molecule has 3 N–H and O–H groups in total. The van der Waals surface area contributed by atoms with Gasteiger partial charge in [-0.15, -0.1) is 0 Å². The lowest BCUT2D eigenvalue weighted by molar-refractivity contribution is -0.384. The Morgan fingerprint density at radius 3 is 2.26 bits per heavy atom. The fraction of sp³-hybridized carbons (Fsp3) is 0.111. The van der Waals surface area contributed by atoms with Crippen LogP contribution in [0.2, 0.25) is 10.0 Å². The van der Waals surface area contributed by atoms with Crippen molar-refractivity contribution in [2.45, 2.75) is 0 Å². The zero-order valence-corrected chi connectivity index (χ0v) is 17.0. The monoisotopic (exact) mass is 468 g/mol. The third-order valence-corrected chi connectivity index (χ3v) is 4.14. The van der Waals surface area contributed by atoms with E-state index in [1.54, 1.807) is 0 Å². The summed E-state index contributed by atoms with van der Waals surface area (Å²) in [4.78, 5) is 57.1. The Morgan fingerprint density at radius 2 is 1.65 bits per heavy atom. The Kier molecular flexibility index (Phi) is 8.29. The van der Waals surface area contributed by atoms with Gasteiger partial charge >= 0.3 is 5.97 Å². The SMILES string of the molecule is O=C(COC(=O)CNC(=O)c1ccc(Cl)cc1Cl)NNC(=O)c1ccc([N+](=O)[O-])cc1. The second-order valence-corrected chi connectivity index (χ2v) is 6.62. The van der Waals surface area contributed by atoms with Crippen molar-refractivity contribution in [3.05, 3.63) is 73.8 Å². The van der Waals surface area contributed by atoms with Crippen molar-refractivity contribution < 1.29 is 28.8 Å². The van der Waals surface area contributed by atoms with Gasteiger partial charge < -0.3 is 10.1 Å². The molecule has 162 valence electrons. The molecule has 0 bridgehead atoms. The van der Waals surface area contributed by atoms with E-state index in [0.717, 1.165) is 12.1 Å². The maximum Gasteiger partial charge on any atom is 0.325 e. The second kappa shape index (κ2) is 10.9. The molecule has 2 rings (SSSR count). The van der Waals surface area contributed by atoms with Crippen LogP contribution in [0, 0.1) is 10.1 Å². The molecular formula is C18H14Cl2N4O7. The van der Waals surface area contributed by atoms with Crippen LogP contribution in [-0.2, 0) is 14.3 Å². The Morgan fingerprint density at radius 1 is 0.968 bits per heavy atom. The minimum absolute atomic E-state index is 0.0615. The molecule has 2 aromatic rings. The highest BCUT2D eigenvalue weighted by Gasteiger charge is 2.14. The maximum atomic E-state index is 12.0. The average Bonchev–Trinajstić information content (AvgIpc) is 2.74. The van der Waals surface area contributed by atoms with E-state index in [9.17, 15) is 29.3 Å². The van der Waals surface area contributed by atoms with Crippen molar-refractivity contribution in [2.24, 2.45) is 0 Å². The van der Waals surface area contributed by atoms with Gasteiger partial charge in [-0.2, -0.15) is 0 Å². The van der Waals surface area contributed by atoms with E-state index in [0.29, 0.717) is 5.02 Å². The largest absolute Gasteiger partial charge is 0.454 e. The zero-order chi connectivity index (χ0) is 23.0. The lowest BCUT2D eigenvalue weighted by Crippen LogP contribution is -2.44. The van der Waals surface area contributed by atoms with E-state index >= 15 is 0 Å². The van der Waals surface area contributed by atoms with Gasteiger partial charge in [0.15, 0.2) is 6.61 Å². The van der Waals surface area contributed by atoms with Crippen LogP contribution in [-0.4, -0.2) is 41.8 Å². The van der Waals surface area contributed by atoms with E-state index in [-0.39, 0.29) is 21.8 Å². The molecule has 0 aliphatic carbocycles. The number of ether oxygens (including phenoxy) is 1. The number of esters is 1. The highest BCUT2D eigenvalue weighted by molar-refractivity contribution is 6.36. The smallest absolute Gasteiger partial charge is 0.325 e. The first-order valence-electron chi connectivity index (χ1n) is 8.40. The lowest BCUT2D eigenvalue weighted by Gasteiger charge is -2.09. The minimum atomic E-state index is -0.907. The molecule has 2 aromatic carbocycles. The fourth-order valence-electron chi connectivity index (χ4n) is 2.09. The topological polar surface area (TPSA) is 157 Å². The Labute approximate surface area is 184 Å². The summed E-state index contributed by atoms with van der Waals surface area (Å²) in [7, 11) is 0. The summed E-state index contributed by atoms with van der Waals surface area (Å²) in [5, 5.41) is 13.3. The maximum absolute atomic E-state index is 12.0. The minimum Gasteiger partial charge on any atom is -0.454 e. The van der Waals surface area contributed by atoms with Gasteiger partial charge in [0.1, 0.15) is 6.54 Å². The fourth-order valence-corrected chi connectivity index (χ4v) is 2.58. The third-order valence-electron chi connectivity index (χ3n) is 3.59. The molecule has 11 nitrogen and oxygen atoms in total. The highest BCUT2D eigenvalue weighted by Crippen LogP contribution is 2.20. The number of hydrogen-bond acceptors (Lipinski definition) is 7. The van der Waals surface area contributed by atoms with Crippen LogP contribution in [0.15, 0.2) is 42.5 Å². The number of hydrogen-bond donors (Lipinski definition) is 3. The van der Waals surface area contributed by atoms with E-state index in [1.165, 1.54) is 30.3 Å². The number of nitro groups is 1. The first-order valence-corrected chi connectivity index (χ1v) is 9.15. The molecule has 3 amide bonds. The first kappa shape index (κ1) is 23.6. The van der Waals surface area contributed by atoms with Gasteiger partial charge in [-0.1, -0.05) is 23.2 Å². The first-order chi connectivity index (χ1) is 14.7. The number of hydrazine groups is 1. The van der Waals surface area contributed by atoms with Gasteiger partial charge in [0.2, 0.25) is 0 Å². The molecule has 0 radical (unpaired) electrons. The van der Waals surface area contributed by atoms with Crippen LogP contribution in [0.4, 0.5) is 5.69 Å². The predicted octanol–water partition coefficient (Wildman–Crippen LogP) is 1.64. The summed E-state index contributed by atoms with van der Waals surface area (Å²) in [5.74, 6) is -3.13. The molecule has 0 fully saturated rings. The van der Waals surface area contributed by atoms with Crippen molar-refractivity contribution >= 4 is 52.6 Å². The molecule has 0 aromatic heterocycles. The second-order valence-electron chi connectivity index (χ2n) is 5.77. The summed E-state index contributed by atoms with van der Waals surface area (Å²) < 4.78 is 4.67. The van der Waals surface area contributed by atoms with Crippen molar-refractivity contribution in [2.75, 3.05) is 13.2 Å². The van der Waals surface area contributed by atoms with Crippen LogP contribution >= 0.6 is 23.2 Å². The van der Waals surface area contributed by atoms with Gasteiger partial charge in [0, 0.05) is 22.7 Å². The third kappa shape index (κ3) is 7.24. The number of rotatable bonds is 7. The Bertz CT molecular complexity index is 1030. The van der Waals surface area contributed by atoms with Crippen molar-refractivity contribution in [3.8, 4) is 0 Å². The number of benzene rings is 2. The highest BCUT2D eigenvalue weighted by atomic mass is 35.5. The number of carbonyl (C=O) groups excluding carboxylic acids is 4. The van der Waals surface area contributed by atoms with Crippen LogP contribution in [0.1, 0.15) is 20.7 Å². The van der Waals surface area contributed by atoms with Crippen molar-refractivity contribution in [3.63, 3.8) is 0 Å². The number of halogens is 2. The van der Waals surface area contributed by atoms with Gasteiger partial charge in [-0.3, -0.25) is 40.1 Å². The number of non-ortho nitro benzene ring substituents is 1. The lowest BCUT2D eigenvalue weighted by atomic mass is 10.2. The summed E-state index contributed by atoms with van der Waals surface area (Å²) in [5.41, 5.74) is 4.04. The quantitative estimate of drug-likeness (QED) is 0.316. The van der Waals surface area contributed by atoms with E-state index < -0.39 is 41.8 Å². The van der Waals surface area contributed by atoms with Gasteiger partial charge in [-0.25, -0.2) is 0 Å². The molecule has 31 heavy (non-hydrogen) atoms. The Hall–Kier alpha value is -3.70. The molecule has 0 spiro atoms. The molecule has 0 heterocycles. The van der Waals surface area contributed by atoms with E-state index in [1.807, 2.05) is 5.43 Å². The molecule has 0 aliphatic heterocycles. The molecule has 0 unspecified atom stereocenters. The van der Waals surface area contributed by atoms with Crippen LogP contribution < -0.4 is 16.2 Å². The molecule has 0 atom stereocenters. The summed E-state index contributed by atoms with van der Waals surface area (Å²) in [6, 6.07) is 8.87. The number of nitrogens with one attached hydrogen (secondary N) is 3. The molecule has 0 aliphatic rings. The van der Waals surface area contributed by atoms with Crippen molar-refractivity contribution in [1.29, 1.82) is 0 Å². The van der Waals surface area contributed by atoms with Gasteiger partial charge in [-0.05, 0) is 30.3 Å². The normalized spacial score (nSPS) is 10.0. The number of carbonyl (C=O) groups is 4. The summed E-state index contributed by atoms with van der Waals surface area (Å²) in [6.07, 6.45) is 0. The Balaban J connectivity index is 1.71. The zero-order valence-electron chi connectivity index (χ0n) is 15.5. The molecule has 13 heteroatoms. The number of nitro benzene ring substituents is 1. The number of nitrogens with zero attached hydrogens (tertiary/aromatic N) is 1. The summed E-state index contributed by atoms with van der Waals surface area (Å²) in [6.45, 7) is -1.25. The van der Waals surface area contributed by atoms with Crippen LogP contribution in [0.5, 0.6) is 0 Å². The summed E-state index contributed by atoms with van der Waals surface area (Å²) >= 11 is 11.6. The van der Waals surface area contributed by atoms with E-state index in [2.05, 4.69) is 15.5 Å². The van der Waals surface area contributed by atoms with E-state index in [4.69, 9.17) is 23.2 Å². The molecule has 0 saturated heterocycles. The molecular weight excluding hydrogens is 455 g/mol. The number of amides is 3. The van der Waals surface area contributed by atoms with Crippen LogP contribution in [0.3, 0.4) is 0 Å².